The highest BCUT2D eigenvalue weighted by Crippen LogP contribution is 2.27. The van der Waals surface area contributed by atoms with Gasteiger partial charge in [0.2, 0.25) is 5.91 Å². The van der Waals surface area contributed by atoms with E-state index < -0.39 is 15.9 Å². The van der Waals surface area contributed by atoms with Crippen molar-refractivity contribution in [3.8, 4) is 0 Å². The molecule has 0 unspecified atom stereocenters. The van der Waals surface area contributed by atoms with Gasteiger partial charge in [0.05, 0.1) is 10.6 Å². The normalized spacial score (nSPS) is 11.1. The Morgan fingerprint density at radius 3 is 2.21 bits per heavy atom. The van der Waals surface area contributed by atoms with Crippen molar-refractivity contribution >= 4 is 27.3 Å². The SMILES string of the molecule is Cc1ccc(S(=O)(=O)N(CC(=O)Nc2cccc(C)c2)c2ccccc2C)cc1. The summed E-state index contributed by atoms with van der Waals surface area (Å²) >= 11 is 0. The number of carbonyl (C=O) groups is 1. The molecule has 0 atom stereocenters. The van der Waals surface area contributed by atoms with Gasteiger partial charge in [-0.2, -0.15) is 0 Å². The first-order valence-electron chi connectivity index (χ1n) is 9.29. The van der Waals surface area contributed by atoms with Crippen LogP contribution in [-0.4, -0.2) is 20.9 Å². The first kappa shape index (κ1) is 20.6. The molecule has 0 radical (unpaired) electrons. The van der Waals surface area contributed by atoms with Gasteiger partial charge < -0.3 is 5.32 Å². The van der Waals surface area contributed by atoms with E-state index in [1.807, 2.05) is 51.1 Å². The molecular formula is C23H24N2O3S. The lowest BCUT2D eigenvalue weighted by Crippen LogP contribution is -2.38. The second-order valence-electron chi connectivity index (χ2n) is 7.03. The summed E-state index contributed by atoms with van der Waals surface area (Å²) in [5.41, 5.74) is 3.85. The number of amides is 1. The molecule has 3 rings (SSSR count). The van der Waals surface area contributed by atoms with Gasteiger partial charge in [-0.1, -0.05) is 48.0 Å². The molecule has 0 spiro atoms. The first-order valence-corrected chi connectivity index (χ1v) is 10.7. The van der Waals surface area contributed by atoms with Gasteiger partial charge in [0, 0.05) is 5.69 Å². The molecule has 0 aliphatic carbocycles. The summed E-state index contributed by atoms with van der Waals surface area (Å²) in [5, 5.41) is 2.79. The van der Waals surface area contributed by atoms with Crippen LogP contribution < -0.4 is 9.62 Å². The summed E-state index contributed by atoms with van der Waals surface area (Å²) in [4.78, 5) is 12.9. The van der Waals surface area contributed by atoms with E-state index in [1.165, 1.54) is 0 Å². The standard InChI is InChI=1S/C23H24N2O3S/c1-17-11-13-21(14-12-17)29(27,28)25(22-10-5-4-8-19(22)3)16-23(26)24-20-9-6-7-18(2)15-20/h4-15H,16H2,1-3H3,(H,24,26). The summed E-state index contributed by atoms with van der Waals surface area (Å²) < 4.78 is 27.9. The molecule has 1 amide bonds. The van der Waals surface area contributed by atoms with Crippen LogP contribution in [0.4, 0.5) is 11.4 Å². The van der Waals surface area contributed by atoms with Crippen LogP contribution in [0.1, 0.15) is 16.7 Å². The molecule has 0 heterocycles. The Hall–Kier alpha value is -3.12. The van der Waals surface area contributed by atoms with Gasteiger partial charge in [-0.05, 0) is 62.2 Å². The second-order valence-corrected chi connectivity index (χ2v) is 8.89. The maximum atomic E-state index is 13.4. The minimum absolute atomic E-state index is 0.148. The van der Waals surface area contributed by atoms with Crippen molar-refractivity contribution in [2.45, 2.75) is 25.7 Å². The Morgan fingerprint density at radius 1 is 0.862 bits per heavy atom. The highest BCUT2D eigenvalue weighted by atomic mass is 32.2. The van der Waals surface area contributed by atoms with E-state index in [0.29, 0.717) is 11.4 Å². The van der Waals surface area contributed by atoms with Gasteiger partial charge in [-0.3, -0.25) is 9.10 Å². The zero-order chi connectivity index (χ0) is 21.0. The van der Waals surface area contributed by atoms with Crippen LogP contribution in [0.5, 0.6) is 0 Å². The smallest absolute Gasteiger partial charge is 0.264 e. The van der Waals surface area contributed by atoms with E-state index in [9.17, 15) is 13.2 Å². The zero-order valence-electron chi connectivity index (χ0n) is 16.7. The highest BCUT2D eigenvalue weighted by molar-refractivity contribution is 7.92. The quantitative estimate of drug-likeness (QED) is 0.655. The molecule has 6 heteroatoms. The Bertz CT molecular complexity index is 1120. The Kier molecular flexibility index (Phi) is 6.03. The molecule has 29 heavy (non-hydrogen) atoms. The third kappa shape index (κ3) is 4.84. The number of sulfonamides is 1. The van der Waals surface area contributed by atoms with E-state index in [1.54, 1.807) is 42.5 Å². The number of anilines is 2. The Labute approximate surface area is 172 Å². The maximum absolute atomic E-state index is 13.4. The molecule has 0 saturated carbocycles. The monoisotopic (exact) mass is 408 g/mol. The summed E-state index contributed by atoms with van der Waals surface area (Å²) in [7, 11) is -3.92. The first-order chi connectivity index (χ1) is 13.8. The summed E-state index contributed by atoms with van der Waals surface area (Å²) in [6.07, 6.45) is 0. The van der Waals surface area contributed by atoms with Gasteiger partial charge in [-0.15, -0.1) is 0 Å². The van der Waals surface area contributed by atoms with Crippen molar-refractivity contribution in [2.24, 2.45) is 0 Å². The highest BCUT2D eigenvalue weighted by Gasteiger charge is 2.28. The fraction of sp³-hybridized carbons (Fsp3) is 0.174. The van der Waals surface area contributed by atoms with Crippen molar-refractivity contribution in [3.63, 3.8) is 0 Å². The average molecular weight is 409 g/mol. The fourth-order valence-corrected chi connectivity index (χ4v) is 4.52. The number of benzene rings is 3. The van der Waals surface area contributed by atoms with E-state index in [4.69, 9.17) is 0 Å². The van der Waals surface area contributed by atoms with E-state index in [0.717, 1.165) is 21.0 Å². The van der Waals surface area contributed by atoms with Crippen LogP contribution in [0.25, 0.3) is 0 Å². The summed E-state index contributed by atoms with van der Waals surface area (Å²) in [6, 6.07) is 21.1. The van der Waals surface area contributed by atoms with Crippen LogP contribution in [0.3, 0.4) is 0 Å². The third-order valence-electron chi connectivity index (χ3n) is 4.58. The summed E-state index contributed by atoms with van der Waals surface area (Å²) in [6.45, 7) is 5.32. The zero-order valence-corrected chi connectivity index (χ0v) is 17.5. The largest absolute Gasteiger partial charge is 0.325 e. The lowest BCUT2D eigenvalue weighted by molar-refractivity contribution is -0.114. The molecule has 3 aromatic carbocycles. The van der Waals surface area contributed by atoms with E-state index >= 15 is 0 Å². The van der Waals surface area contributed by atoms with Crippen molar-refractivity contribution in [1.29, 1.82) is 0 Å². The van der Waals surface area contributed by atoms with Crippen LogP contribution in [0.2, 0.25) is 0 Å². The van der Waals surface area contributed by atoms with Crippen LogP contribution >= 0.6 is 0 Å². The van der Waals surface area contributed by atoms with Crippen LogP contribution in [-0.2, 0) is 14.8 Å². The Balaban J connectivity index is 1.96. The second kappa shape index (κ2) is 8.49. The third-order valence-corrected chi connectivity index (χ3v) is 6.36. The number of hydrogen-bond donors (Lipinski definition) is 1. The van der Waals surface area contributed by atoms with Crippen LogP contribution in [0.15, 0.2) is 77.7 Å². The number of carbonyl (C=O) groups excluding carboxylic acids is 1. The van der Waals surface area contributed by atoms with Crippen molar-refractivity contribution in [3.05, 3.63) is 89.5 Å². The molecule has 0 fully saturated rings. The average Bonchev–Trinajstić information content (AvgIpc) is 2.67. The van der Waals surface area contributed by atoms with Gasteiger partial charge >= 0.3 is 0 Å². The molecule has 0 aliphatic rings. The number of nitrogens with zero attached hydrogens (tertiary/aromatic N) is 1. The fourth-order valence-electron chi connectivity index (χ4n) is 3.03. The Morgan fingerprint density at radius 2 is 1.55 bits per heavy atom. The van der Waals surface area contributed by atoms with Gasteiger partial charge in [0.25, 0.3) is 10.0 Å². The van der Waals surface area contributed by atoms with Gasteiger partial charge in [-0.25, -0.2) is 8.42 Å². The lowest BCUT2D eigenvalue weighted by Gasteiger charge is -2.25. The number of hydrogen-bond acceptors (Lipinski definition) is 3. The van der Waals surface area contributed by atoms with Crippen LogP contribution in [0, 0.1) is 20.8 Å². The molecule has 0 aromatic heterocycles. The lowest BCUT2D eigenvalue weighted by atomic mass is 10.2. The molecule has 5 nitrogen and oxygen atoms in total. The van der Waals surface area contributed by atoms with Gasteiger partial charge in [0.1, 0.15) is 6.54 Å². The number of nitrogens with one attached hydrogen (secondary N) is 1. The number of aryl methyl sites for hydroxylation is 3. The molecule has 1 N–H and O–H groups in total. The maximum Gasteiger partial charge on any atom is 0.264 e. The molecule has 3 aromatic rings. The molecule has 0 bridgehead atoms. The van der Waals surface area contributed by atoms with E-state index in [2.05, 4.69) is 5.32 Å². The predicted octanol–water partition coefficient (Wildman–Crippen LogP) is 4.45. The van der Waals surface area contributed by atoms with Crippen molar-refractivity contribution in [1.82, 2.24) is 0 Å². The van der Waals surface area contributed by atoms with Gasteiger partial charge in [0.15, 0.2) is 0 Å². The minimum atomic E-state index is -3.92. The molecule has 150 valence electrons. The van der Waals surface area contributed by atoms with Crippen molar-refractivity contribution in [2.75, 3.05) is 16.2 Å². The summed E-state index contributed by atoms with van der Waals surface area (Å²) in [5.74, 6) is -0.408. The number of para-hydroxylation sites is 1. The molecule has 0 saturated heterocycles. The van der Waals surface area contributed by atoms with Crippen molar-refractivity contribution < 1.29 is 13.2 Å². The minimum Gasteiger partial charge on any atom is -0.325 e. The topological polar surface area (TPSA) is 66.5 Å². The molecular weight excluding hydrogens is 384 g/mol. The van der Waals surface area contributed by atoms with E-state index in [-0.39, 0.29) is 11.4 Å². The predicted molar refractivity (Wildman–Crippen MR) is 117 cm³/mol. The number of rotatable bonds is 6. The molecule has 0 aliphatic heterocycles.